The second kappa shape index (κ2) is 4.62. The molecular weight excluding hydrogens is 248 g/mol. The Hall–Kier alpha value is -1.84. The van der Waals surface area contributed by atoms with E-state index in [1.165, 1.54) is 31.4 Å². The van der Waals surface area contributed by atoms with Gasteiger partial charge in [0, 0.05) is 24.3 Å². The highest BCUT2D eigenvalue weighted by atomic mass is 15.2. The third kappa shape index (κ3) is 2.30. The van der Waals surface area contributed by atoms with Gasteiger partial charge in [-0.25, -0.2) is 0 Å². The van der Waals surface area contributed by atoms with Gasteiger partial charge in [-0.2, -0.15) is 0 Å². The topological polar surface area (TPSA) is 42.7 Å². The van der Waals surface area contributed by atoms with Crippen molar-refractivity contribution in [1.82, 2.24) is 14.8 Å². The molecule has 1 aromatic heterocycles. The number of aromatic nitrogens is 3. The molecular formula is C16H20N4. The standard InChI is InChI=1S/C16H20N4/c1-20-10-17-19-16(20)13-3-2-4-14(9-13)18-15(11-5-6-11)12-7-8-12/h2-4,9-12,15,18H,5-8H2,1H3. The maximum atomic E-state index is 4.19. The van der Waals surface area contributed by atoms with Crippen LogP contribution in [0.3, 0.4) is 0 Å². The average Bonchev–Trinajstić information content (AvgIpc) is 3.35. The normalized spacial score (nSPS) is 18.5. The third-order valence-corrected chi connectivity index (χ3v) is 4.43. The van der Waals surface area contributed by atoms with E-state index < -0.39 is 0 Å². The van der Waals surface area contributed by atoms with Crippen molar-refractivity contribution >= 4 is 5.69 Å². The van der Waals surface area contributed by atoms with Crippen LogP contribution in [0.15, 0.2) is 30.6 Å². The lowest BCUT2D eigenvalue weighted by Crippen LogP contribution is -2.24. The molecule has 2 saturated carbocycles. The largest absolute Gasteiger partial charge is 0.382 e. The molecule has 0 amide bonds. The zero-order valence-electron chi connectivity index (χ0n) is 11.8. The number of rotatable bonds is 5. The Morgan fingerprint density at radius 3 is 2.55 bits per heavy atom. The zero-order valence-corrected chi connectivity index (χ0v) is 11.8. The van der Waals surface area contributed by atoms with Crippen LogP contribution in [0.5, 0.6) is 0 Å². The zero-order chi connectivity index (χ0) is 13.5. The van der Waals surface area contributed by atoms with Crippen molar-refractivity contribution in [1.29, 1.82) is 0 Å². The van der Waals surface area contributed by atoms with Crippen LogP contribution in [-0.2, 0) is 7.05 Å². The molecule has 1 aromatic carbocycles. The van der Waals surface area contributed by atoms with Crippen LogP contribution in [0.25, 0.3) is 11.4 Å². The fourth-order valence-corrected chi connectivity index (χ4v) is 3.02. The van der Waals surface area contributed by atoms with Gasteiger partial charge in [0.15, 0.2) is 5.82 Å². The summed E-state index contributed by atoms with van der Waals surface area (Å²) in [6, 6.07) is 9.24. The average molecular weight is 268 g/mol. The van der Waals surface area contributed by atoms with Crippen molar-refractivity contribution in [2.75, 3.05) is 5.32 Å². The highest BCUT2D eigenvalue weighted by molar-refractivity contribution is 5.62. The quantitative estimate of drug-likeness (QED) is 0.906. The molecule has 4 nitrogen and oxygen atoms in total. The predicted molar refractivity (Wildman–Crippen MR) is 79.3 cm³/mol. The highest BCUT2D eigenvalue weighted by Gasteiger charge is 2.41. The summed E-state index contributed by atoms with van der Waals surface area (Å²) in [6.07, 6.45) is 7.34. The van der Waals surface area contributed by atoms with Gasteiger partial charge in [-0.05, 0) is 49.7 Å². The van der Waals surface area contributed by atoms with Crippen molar-refractivity contribution in [2.45, 2.75) is 31.7 Å². The minimum atomic E-state index is 0.685. The van der Waals surface area contributed by atoms with Crippen LogP contribution in [0, 0.1) is 11.8 Å². The second-order valence-electron chi connectivity index (χ2n) is 6.19. The molecule has 2 aliphatic rings. The Kier molecular flexibility index (Phi) is 2.76. The molecule has 2 aliphatic carbocycles. The van der Waals surface area contributed by atoms with Gasteiger partial charge in [0.2, 0.25) is 0 Å². The summed E-state index contributed by atoms with van der Waals surface area (Å²) in [6.45, 7) is 0. The summed E-state index contributed by atoms with van der Waals surface area (Å²) in [5, 5.41) is 11.9. The molecule has 0 bridgehead atoms. The maximum Gasteiger partial charge on any atom is 0.163 e. The first-order valence-electron chi connectivity index (χ1n) is 7.52. The molecule has 0 spiro atoms. The van der Waals surface area contributed by atoms with Crippen molar-refractivity contribution in [3.05, 3.63) is 30.6 Å². The van der Waals surface area contributed by atoms with Gasteiger partial charge < -0.3 is 9.88 Å². The second-order valence-corrected chi connectivity index (χ2v) is 6.19. The lowest BCUT2D eigenvalue weighted by atomic mass is 10.1. The number of nitrogens with zero attached hydrogens (tertiary/aromatic N) is 3. The van der Waals surface area contributed by atoms with Gasteiger partial charge in [-0.15, -0.1) is 10.2 Å². The van der Waals surface area contributed by atoms with E-state index in [1.807, 2.05) is 11.6 Å². The first-order valence-corrected chi connectivity index (χ1v) is 7.52. The third-order valence-electron chi connectivity index (χ3n) is 4.43. The van der Waals surface area contributed by atoms with Gasteiger partial charge >= 0.3 is 0 Å². The summed E-state index contributed by atoms with van der Waals surface area (Å²) in [4.78, 5) is 0. The first-order chi connectivity index (χ1) is 9.81. The Balaban J connectivity index is 1.57. The van der Waals surface area contributed by atoms with Crippen LogP contribution in [0.4, 0.5) is 5.69 Å². The van der Waals surface area contributed by atoms with E-state index in [0.717, 1.165) is 23.2 Å². The van der Waals surface area contributed by atoms with E-state index in [9.17, 15) is 0 Å². The number of anilines is 1. The van der Waals surface area contributed by atoms with E-state index in [-0.39, 0.29) is 0 Å². The van der Waals surface area contributed by atoms with Gasteiger partial charge in [0.05, 0.1) is 0 Å². The van der Waals surface area contributed by atoms with Crippen molar-refractivity contribution in [2.24, 2.45) is 18.9 Å². The fourth-order valence-electron chi connectivity index (χ4n) is 3.02. The molecule has 0 unspecified atom stereocenters. The summed E-state index contributed by atoms with van der Waals surface area (Å²) >= 11 is 0. The molecule has 4 rings (SSSR count). The number of benzene rings is 1. The molecule has 2 fully saturated rings. The Morgan fingerprint density at radius 1 is 1.20 bits per heavy atom. The van der Waals surface area contributed by atoms with Crippen LogP contribution >= 0.6 is 0 Å². The molecule has 1 heterocycles. The molecule has 0 radical (unpaired) electrons. The summed E-state index contributed by atoms with van der Waals surface area (Å²) in [5.74, 6) is 2.73. The first kappa shape index (κ1) is 11.9. The minimum absolute atomic E-state index is 0.685. The number of nitrogens with one attached hydrogen (secondary N) is 1. The van der Waals surface area contributed by atoms with Crippen molar-refractivity contribution in [3.63, 3.8) is 0 Å². The molecule has 104 valence electrons. The van der Waals surface area contributed by atoms with Crippen LogP contribution < -0.4 is 5.32 Å². The monoisotopic (exact) mass is 268 g/mol. The molecule has 4 heteroatoms. The van der Waals surface area contributed by atoms with E-state index in [4.69, 9.17) is 0 Å². The Labute approximate surface area is 119 Å². The van der Waals surface area contributed by atoms with E-state index >= 15 is 0 Å². The summed E-state index contributed by atoms with van der Waals surface area (Å²) in [7, 11) is 1.98. The molecule has 20 heavy (non-hydrogen) atoms. The van der Waals surface area contributed by atoms with Crippen molar-refractivity contribution < 1.29 is 0 Å². The van der Waals surface area contributed by atoms with Gasteiger partial charge in [0.1, 0.15) is 6.33 Å². The minimum Gasteiger partial charge on any atom is -0.382 e. The molecule has 0 saturated heterocycles. The van der Waals surface area contributed by atoms with Gasteiger partial charge in [0.25, 0.3) is 0 Å². The van der Waals surface area contributed by atoms with Gasteiger partial charge in [-0.3, -0.25) is 0 Å². The SMILES string of the molecule is Cn1cnnc1-c1cccc(NC(C2CC2)C2CC2)c1. The number of hydrogen-bond acceptors (Lipinski definition) is 3. The van der Waals surface area contributed by atoms with Gasteiger partial charge in [-0.1, -0.05) is 12.1 Å². The van der Waals surface area contributed by atoms with Crippen LogP contribution in [0.2, 0.25) is 0 Å². The van der Waals surface area contributed by atoms with Crippen LogP contribution in [-0.4, -0.2) is 20.8 Å². The molecule has 2 aromatic rings. The number of aryl methyl sites for hydroxylation is 1. The smallest absolute Gasteiger partial charge is 0.163 e. The highest BCUT2D eigenvalue weighted by Crippen LogP contribution is 2.46. The Morgan fingerprint density at radius 2 is 1.95 bits per heavy atom. The summed E-state index contributed by atoms with van der Waals surface area (Å²) in [5.41, 5.74) is 2.34. The molecule has 0 aliphatic heterocycles. The van der Waals surface area contributed by atoms with E-state index in [2.05, 4.69) is 39.8 Å². The lowest BCUT2D eigenvalue weighted by Gasteiger charge is -2.19. The molecule has 0 atom stereocenters. The Bertz CT molecular complexity index is 598. The number of hydrogen-bond donors (Lipinski definition) is 1. The molecule has 1 N–H and O–H groups in total. The van der Waals surface area contributed by atoms with E-state index in [1.54, 1.807) is 6.33 Å². The predicted octanol–water partition coefficient (Wildman–Crippen LogP) is 3.08. The lowest BCUT2D eigenvalue weighted by molar-refractivity contribution is 0.568. The maximum absolute atomic E-state index is 4.19. The van der Waals surface area contributed by atoms with Crippen LogP contribution in [0.1, 0.15) is 25.7 Å². The fraction of sp³-hybridized carbons (Fsp3) is 0.500. The summed E-state index contributed by atoms with van der Waals surface area (Å²) < 4.78 is 1.96. The van der Waals surface area contributed by atoms with E-state index in [0.29, 0.717) is 6.04 Å². The van der Waals surface area contributed by atoms with Crippen molar-refractivity contribution in [3.8, 4) is 11.4 Å².